The predicted molar refractivity (Wildman–Crippen MR) is 101 cm³/mol. The summed E-state index contributed by atoms with van der Waals surface area (Å²) >= 11 is 4.64. The lowest BCUT2D eigenvalue weighted by Gasteiger charge is -2.13. The molecule has 0 spiro atoms. The summed E-state index contributed by atoms with van der Waals surface area (Å²) in [4.78, 5) is 0.690. The first kappa shape index (κ1) is 18.4. The Labute approximate surface area is 163 Å². The zero-order valence-corrected chi connectivity index (χ0v) is 16.6. The van der Waals surface area contributed by atoms with Gasteiger partial charge in [-0.05, 0) is 48.2 Å². The monoisotopic (exact) mass is 449 g/mol. The van der Waals surface area contributed by atoms with Gasteiger partial charge in [0, 0.05) is 16.4 Å². The second-order valence-electron chi connectivity index (χ2n) is 5.21. The molecule has 3 aromatic rings. The number of nitrogens with zero attached hydrogens (tertiary/aromatic N) is 4. The van der Waals surface area contributed by atoms with E-state index in [1.165, 1.54) is 30.0 Å². The molecule has 0 amide bonds. The van der Waals surface area contributed by atoms with Gasteiger partial charge in [0.15, 0.2) is 5.16 Å². The summed E-state index contributed by atoms with van der Waals surface area (Å²) in [6.07, 6.45) is 1.57. The van der Waals surface area contributed by atoms with Crippen LogP contribution in [0.5, 0.6) is 0 Å². The lowest BCUT2D eigenvalue weighted by Crippen LogP contribution is -2.13. The number of hydrogen-bond donors (Lipinski definition) is 1. The molecule has 0 atom stereocenters. The summed E-state index contributed by atoms with van der Waals surface area (Å²) in [5.41, 5.74) is 0.672. The number of nitriles is 1. The van der Waals surface area contributed by atoms with Gasteiger partial charge in [0.25, 0.3) is 10.0 Å². The fraction of sp³-hybridized carbons (Fsp3) is 0.0625. The summed E-state index contributed by atoms with van der Waals surface area (Å²) in [5, 5.41) is 17.4. The summed E-state index contributed by atoms with van der Waals surface area (Å²) < 4.78 is 30.5. The first-order valence-electron chi connectivity index (χ1n) is 7.23. The maximum Gasteiger partial charge on any atom is 0.261 e. The SMILES string of the molecule is Cn1cnnc1Sc1ccc(Br)cc1NS(=O)(=O)c1cccc(C#N)c1. The Bertz CT molecular complexity index is 1110. The molecule has 1 N–H and O–H groups in total. The van der Waals surface area contributed by atoms with E-state index in [9.17, 15) is 8.42 Å². The van der Waals surface area contributed by atoms with Crippen molar-refractivity contribution < 1.29 is 8.42 Å². The Balaban J connectivity index is 1.97. The van der Waals surface area contributed by atoms with Crippen LogP contribution in [0.25, 0.3) is 0 Å². The zero-order chi connectivity index (χ0) is 18.7. The number of benzene rings is 2. The third kappa shape index (κ3) is 4.07. The molecule has 0 aliphatic rings. The number of sulfonamides is 1. The molecule has 0 saturated carbocycles. The molecule has 132 valence electrons. The van der Waals surface area contributed by atoms with Crippen molar-refractivity contribution >= 4 is 43.4 Å². The van der Waals surface area contributed by atoms with E-state index in [2.05, 4.69) is 30.8 Å². The minimum atomic E-state index is -3.85. The van der Waals surface area contributed by atoms with Gasteiger partial charge in [0.1, 0.15) is 6.33 Å². The maximum atomic E-state index is 12.7. The molecule has 0 unspecified atom stereocenters. The van der Waals surface area contributed by atoms with Crippen LogP contribution in [0.15, 0.2) is 68.2 Å². The standard InChI is InChI=1S/C16H12BrN5O2S2/c1-22-10-19-20-16(22)25-15-6-5-12(17)8-14(15)21-26(23,24)13-4-2-3-11(7-13)9-18/h2-8,10,21H,1H3. The molecule has 0 radical (unpaired) electrons. The fourth-order valence-corrected chi connectivity index (χ4v) is 4.44. The van der Waals surface area contributed by atoms with E-state index in [1.54, 1.807) is 36.1 Å². The molecular formula is C16H12BrN5O2S2. The Morgan fingerprint density at radius 2 is 2.08 bits per heavy atom. The first-order valence-corrected chi connectivity index (χ1v) is 10.3. The summed E-state index contributed by atoms with van der Waals surface area (Å²) in [6, 6.07) is 13.1. The highest BCUT2D eigenvalue weighted by molar-refractivity contribution is 9.10. The minimum absolute atomic E-state index is 0.0196. The average Bonchev–Trinajstić information content (AvgIpc) is 3.02. The van der Waals surface area contributed by atoms with E-state index in [0.717, 1.165) is 4.47 Å². The Morgan fingerprint density at radius 3 is 2.77 bits per heavy atom. The number of hydrogen-bond acceptors (Lipinski definition) is 6. The molecule has 7 nitrogen and oxygen atoms in total. The maximum absolute atomic E-state index is 12.7. The quantitative estimate of drug-likeness (QED) is 0.640. The van der Waals surface area contributed by atoms with Crippen molar-refractivity contribution in [2.24, 2.45) is 7.05 Å². The highest BCUT2D eigenvalue weighted by atomic mass is 79.9. The molecule has 0 bridgehead atoms. The van der Waals surface area contributed by atoms with Crippen LogP contribution < -0.4 is 4.72 Å². The van der Waals surface area contributed by atoms with Crippen LogP contribution in [-0.4, -0.2) is 23.2 Å². The van der Waals surface area contributed by atoms with Crippen molar-refractivity contribution in [2.75, 3.05) is 4.72 Å². The van der Waals surface area contributed by atoms with E-state index in [0.29, 0.717) is 15.7 Å². The van der Waals surface area contributed by atoms with E-state index in [1.807, 2.05) is 12.1 Å². The van der Waals surface area contributed by atoms with E-state index in [-0.39, 0.29) is 10.5 Å². The van der Waals surface area contributed by atoms with Gasteiger partial charge in [-0.15, -0.1) is 10.2 Å². The number of nitrogens with one attached hydrogen (secondary N) is 1. The molecule has 26 heavy (non-hydrogen) atoms. The van der Waals surface area contributed by atoms with Crippen molar-refractivity contribution in [3.8, 4) is 6.07 Å². The third-order valence-electron chi connectivity index (χ3n) is 3.33. The van der Waals surface area contributed by atoms with Crippen LogP contribution in [0, 0.1) is 11.3 Å². The topological polar surface area (TPSA) is 101 Å². The van der Waals surface area contributed by atoms with Gasteiger partial charge in [-0.2, -0.15) is 5.26 Å². The molecule has 2 aromatic carbocycles. The summed E-state index contributed by atoms with van der Waals surface area (Å²) in [6.45, 7) is 0. The van der Waals surface area contributed by atoms with Crippen LogP contribution in [0.3, 0.4) is 0 Å². The lowest BCUT2D eigenvalue weighted by atomic mass is 10.2. The molecule has 1 aromatic heterocycles. The number of rotatable bonds is 5. The fourth-order valence-electron chi connectivity index (χ4n) is 2.07. The number of aryl methyl sites for hydroxylation is 1. The molecular weight excluding hydrogens is 438 g/mol. The first-order chi connectivity index (χ1) is 12.4. The second-order valence-corrected chi connectivity index (χ2v) is 8.82. The van der Waals surface area contributed by atoms with E-state index >= 15 is 0 Å². The second kappa shape index (κ2) is 7.49. The van der Waals surface area contributed by atoms with Gasteiger partial charge >= 0.3 is 0 Å². The number of halogens is 1. The highest BCUT2D eigenvalue weighted by Crippen LogP contribution is 2.35. The van der Waals surface area contributed by atoms with Crippen LogP contribution in [0.1, 0.15) is 5.56 Å². The molecule has 0 aliphatic heterocycles. The number of anilines is 1. The van der Waals surface area contributed by atoms with E-state index in [4.69, 9.17) is 5.26 Å². The normalized spacial score (nSPS) is 11.1. The predicted octanol–water partition coefficient (Wildman–Crippen LogP) is 3.40. The molecule has 1 heterocycles. The number of aromatic nitrogens is 3. The Kier molecular flexibility index (Phi) is 5.31. The van der Waals surface area contributed by atoms with Gasteiger partial charge < -0.3 is 4.57 Å². The summed E-state index contributed by atoms with van der Waals surface area (Å²) in [5.74, 6) is 0. The van der Waals surface area contributed by atoms with Gasteiger partial charge in [-0.3, -0.25) is 4.72 Å². The van der Waals surface area contributed by atoms with Gasteiger partial charge in [0.2, 0.25) is 0 Å². The van der Waals surface area contributed by atoms with Crippen LogP contribution in [0.2, 0.25) is 0 Å². The molecule has 3 rings (SSSR count). The van der Waals surface area contributed by atoms with Crippen LogP contribution >= 0.6 is 27.7 Å². The van der Waals surface area contributed by atoms with Gasteiger partial charge in [0.05, 0.1) is 22.2 Å². The molecule has 0 fully saturated rings. The van der Waals surface area contributed by atoms with Crippen molar-refractivity contribution in [2.45, 2.75) is 14.9 Å². The zero-order valence-electron chi connectivity index (χ0n) is 13.4. The van der Waals surface area contributed by atoms with Crippen molar-refractivity contribution in [1.29, 1.82) is 5.26 Å². The van der Waals surface area contributed by atoms with Crippen molar-refractivity contribution in [3.63, 3.8) is 0 Å². The molecule has 10 heteroatoms. The molecule has 0 aliphatic carbocycles. The average molecular weight is 450 g/mol. The minimum Gasteiger partial charge on any atom is -0.311 e. The summed E-state index contributed by atoms with van der Waals surface area (Å²) in [7, 11) is -2.05. The highest BCUT2D eigenvalue weighted by Gasteiger charge is 2.18. The van der Waals surface area contributed by atoms with Gasteiger partial charge in [-0.25, -0.2) is 8.42 Å². The van der Waals surface area contributed by atoms with Gasteiger partial charge in [-0.1, -0.05) is 22.0 Å². The van der Waals surface area contributed by atoms with Crippen molar-refractivity contribution in [3.05, 3.63) is 58.8 Å². The van der Waals surface area contributed by atoms with Crippen LogP contribution in [-0.2, 0) is 17.1 Å². The van der Waals surface area contributed by atoms with Crippen LogP contribution in [0.4, 0.5) is 5.69 Å². The Hall–Kier alpha value is -2.35. The smallest absolute Gasteiger partial charge is 0.261 e. The lowest BCUT2D eigenvalue weighted by molar-refractivity contribution is 0.601. The largest absolute Gasteiger partial charge is 0.311 e. The van der Waals surface area contributed by atoms with E-state index < -0.39 is 10.0 Å². The molecule has 0 saturated heterocycles. The third-order valence-corrected chi connectivity index (χ3v) is 6.32. The Morgan fingerprint density at radius 1 is 1.27 bits per heavy atom. The van der Waals surface area contributed by atoms with Crippen molar-refractivity contribution in [1.82, 2.24) is 14.8 Å².